The summed E-state index contributed by atoms with van der Waals surface area (Å²) in [6.45, 7) is -0.496. The van der Waals surface area contributed by atoms with Crippen LogP contribution >= 0.6 is 28.3 Å². The third-order valence-electron chi connectivity index (χ3n) is 1.80. The molecule has 0 aliphatic heterocycles. The Kier molecular flexibility index (Phi) is 6.24. The van der Waals surface area contributed by atoms with E-state index < -0.39 is 12.7 Å². The van der Waals surface area contributed by atoms with Gasteiger partial charge in [0.1, 0.15) is 5.82 Å². The first-order valence-corrected chi connectivity index (χ1v) is 4.71. The molecule has 1 rings (SSSR count). The lowest BCUT2D eigenvalue weighted by Crippen LogP contribution is -2.12. The van der Waals surface area contributed by atoms with Gasteiger partial charge in [-0.3, -0.25) is 4.39 Å². The van der Waals surface area contributed by atoms with Gasteiger partial charge in [0, 0.05) is 6.04 Å². The number of hydrogen-bond acceptors (Lipinski definition) is 1. The number of hydrogen-bond donors (Lipinski definition) is 1. The Morgan fingerprint density at radius 2 is 2.07 bits per heavy atom. The van der Waals surface area contributed by atoms with Crippen LogP contribution in [0.15, 0.2) is 22.7 Å². The predicted molar refractivity (Wildman–Crippen MR) is 58.9 cm³/mol. The van der Waals surface area contributed by atoms with Crippen LogP contribution in [-0.4, -0.2) is 6.67 Å². The minimum Gasteiger partial charge on any atom is -0.324 e. The number of alkyl halides is 1. The SMILES string of the molecule is Cl.N[C@@H](CCF)c1cccc(F)c1Br. The van der Waals surface area contributed by atoms with Crippen molar-refractivity contribution >= 4 is 28.3 Å². The zero-order valence-corrected chi connectivity index (χ0v) is 9.75. The molecule has 14 heavy (non-hydrogen) atoms. The standard InChI is InChI=1S/C9H10BrF2N.ClH/c10-9-6(8(13)4-5-11)2-1-3-7(9)12;/h1-3,8H,4-5,13H2;1H/t8-;/m0./s1. The molecule has 0 aromatic heterocycles. The maximum Gasteiger partial charge on any atom is 0.137 e. The van der Waals surface area contributed by atoms with Crippen LogP contribution in [0.1, 0.15) is 18.0 Å². The summed E-state index contributed by atoms with van der Waals surface area (Å²) in [6.07, 6.45) is 0.210. The third kappa shape index (κ3) is 3.19. The highest BCUT2D eigenvalue weighted by molar-refractivity contribution is 9.10. The Labute approximate surface area is 96.2 Å². The molecule has 0 amide bonds. The van der Waals surface area contributed by atoms with Crippen molar-refractivity contribution in [2.75, 3.05) is 6.67 Å². The Bertz CT molecular complexity index is 296. The molecule has 1 aromatic carbocycles. The van der Waals surface area contributed by atoms with Gasteiger partial charge in [-0.1, -0.05) is 12.1 Å². The Hall–Kier alpha value is -0.190. The Morgan fingerprint density at radius 3 is 2.64 bits per heavy atom. The van der Waals surface area contributed by atoms with E-state index in [0.717, 1.165) is 0 Å². The largest absolute Gasteiger partial charge is 0.324 e. The monoisotopic (exact) mass is 285 g/mol. The Morgan fingerprint density at radius 1 is 1.43 bits per heavy atom. The second-order valence-electron chi connectivity index (χ2n) is 2.73. The smallest absolute Gasteiger partial charge is 0.137 e. The van der Waals surface area contributed by atoms with Crippen LogP contribution in [0.25, 0.3) is 0 Å². The van der Waals surface area contributed by atoms with E-state index in [-0.39, 0.29) is 24.6 Å². The molecule has 0 radical (unpaired) electrons. The molecule has 0 saturated heterocycles. The molecule has 1 nitrogen and oxygen atoms in total. The first kappa shape index (κ1) is 13.8. The van der Waals surface area contributed by atoms with E-state index in [2.05, 4.69) is 15.9 Å². The molecule has 0 aliphatic carbocycles. The highest BCUT2D eigenvalue weighted by Crippen LogP contribution is 2.26. The lowest BCUT2D eigenvalue weighted by atomic mass is 10.1. The van der Waals surface area contributed by atoms with Crippen LogP contribution in [0.4, 0.5) is 8.78 Å². The highest BCUT2D eigenvalue weighted by Gasteiger charge is 2.11. The summed E-state index contributed by atoms with van der Waals surface area (Å²) < 4.78 is 25.3. The fraction of sp³-hybridized carbons (Fsp3) is 0.333. The molecule has 1 atom stereocenters. The molecule has 0 unspecified atom stereocenters. The minimum atomic E-state index is -0.496. The molecule has 0 fully saturated rings. The van der Waals surface area contributed by atoms with E-state index in [4.69, 9.17) is 5.73 Å². The lowest BCUT2D eigenvalue weighted by molar-refractivity contribution is 0.440. The van der Waals surface area contributed by atoms with Crippen molar-refractivity contribution in [2.24, 2.45) is 5.73 Å². The molecule has 80 valence electrons. The van der Waals surface area contributed by atoms with Gasteiger partial charge in [0.15, 0.2) is 0 Å². The van der Waals surface area contributed by atoms with Crippen LogP contribution < -0.4 is 5.73 Å². The average molecular weight is 287 g/mol. The van der Waals surface area contributed by atoms with Gasteiger partial charge in [-0.15, -0.1) is 12.4 Å². The summed E-state index contributed by atoms with van der Waals surface area (Å²) in [6, 6.07) is 4.13. The molecule has 0 spiro atoms. The van der Waals surface area contributed by atoms with E-state index in [1.807, 2.05) is 0 Å². The molecule has 0 heterocycles. The van der Waals surface area contributed by atoms with Crippen LogP contribution in [0.5, 0.6) is 0 Å². The maximum atomic E-state index is 13.0. The maximum absolute atomic E-state index is 13.0. The molecule has 5 heteroatoms. The fourth-order valence-corrected chi connectivity index (χ4v) is 1.64. The van der Waals surface area contributed by atoms with E-state index >= 15 is 0 Å². The number of benzene rings is 1. The summed E-state index contributed by atoms with van der Waals surface area (Å²) >= 11 is 3.07. The summed E-state index contributed by atoms with van der Waals surface area (Å²) in [4.78, 5) is 0. The van der Waals surface area contributed by atoms with Gasteiger partial charge in [0.2, 0.25) is 0 Å². The van der Waals surface area contributed by atoms with Gasteiger partial charge < -0.3 is 5.73 Å². The van der Waals surface area contributed by atoms with Gasteiger partial charge in [-0.05, 0) is 34.0 Å². The van der Waals surface area contributed by atoms with Crippen molar-refractivity contribution in [3.05, 3.63) is 34.1 Å². The summed E-state index contributed by atoms with van der Waals surface area (Å²) in [7, 11) is 0. The van der Waals surface area contributed by atoms with Crippen molar-refractivity contribution in [2.45, 2.75) is 12.5 Å². The number of nitrogens with two attached hydrogens (primary N) is 1. The minimum absolute atomic E-state index is 0. The predicted octanol–water partition coefficient (Wildman–Crippen LogP) is 3.37. The number of halogens is 4. The highest BCUT2D eigenvalue weighted by atomic mass is 79.9. The summed E-state index contributed by atoms with van der Waals surface area (Å²) in [5, 5.41) is 0. The summed E-state index contributed by atoms with van der Waals surface area (Å²) in [5.41, 5.74) is 6.25. The van der Waals surface area contributed by atoms with Crippen LogP contribution in [0, 0.1) is 5.82 Å². The second-order valence-corrected chi connectivity index (χ2v) is 3.52. The zero-order chi connectivity index (χ0) is 9.84. The third-order valence-corrected chi connectivity index (χ3v) is 2.64. The molecule has 2 N–H and O–H groups in total. The van der Waals surface area contributed by atoms with E-state index in [0.29, 0.717) is 10.0 Å². The van der Waals surface area contributed by atoms with Crippen LogP contribution in [-0.2, 0) is 0 Å². The molecule has 0 saturated carbocycles. The summed E-state index contributed by atoms with van der Waals surface area (Å²) in [5.74, 6) is -0.369. The zero-order valence-electron chi connectivity index (χ0n) is 7.34. The lowest BCUT2D eigenvalue weighted by Gasteiger charge is -2.11. The molecule has 1 aromatic rings. The second kappa shape index (κ2) is 6.32. The van der Waals surface area contributed by atoms with Crippen LogP contribution in [0.2, 0.25) is 0 Å². The first-order chi connectivity index (χ1) is 6.16. The molecule has 0 aliphatic rings. The van der Waals surface area contributed by atoms with E-state index in [1.54, 1.807) is 12.1 Å². The fourth-order valence-electron chi connectivity index (χ4n) is 1.08. The van der Waals surface area contributed by atoms with E-state index in [9.17, 15) is 8.78 Å². The van der Waals surface area contributed by atoms with E-state index in [1.165, 1.54) is 6.07 Å². The Balaban J connectivity index is 0.00000169. The first-order valence-electron chi connectivity index (χ1n) is 3.92. The van der Waals surface area contributed by atoms with Crippen molar-refractivity contribution in [1.82, 2.24) is 0 Å². The van der Waals surface area contributed by atoms with Gasteiger partial charge in [0.05, 0.1) is 11.1 Å². The topological polar surface area (TPSA) is 26.0 Å². The van der Waals surface area contributed by atoms with Gasteiger partial charge in [0.25, 0.3) is 0 Å². The van der Waals surface area contributed by atoms with Crippen LogP contribution in [0.3, 0.4) is 0 Å². The van der Waals surface area contributed by atoms with Crippen molar-refractivity contribution < 1.29 is 8.78 Å². The normalized spacial score (nSPS) is 12.0. The average Bonchev–Trinajstić information content (AvgIpc) is 2.10. The number of rotatable bonds is 3. The van der Waals surface area contributed by atoms with Gasteiger partial charge in [-0.25, -0.2) is 4.39 Å². The van der Waals surface area contributed by atoms with Crippen molar-refractivity contribution in [1.29, 1.82) is 0 Å². The molecular weight excluding hydrogens is 275 g/mol. The molecular formula is C9H11BrClF2N. The van der Waals surface area contributed by atoms with Gasteiger partial charge in [-0.2, -0.15) is 0 Å². The van der Waals surface area contributed by atoms with Crippen molar-refractivity contribution in [3.8, 4) is 0 Å². The quantitative estimate of drug-likeness (QED) is 0.906. The van der Waals surface area contributed by atoms with Crippen molar-refractivity contribution in [3.63, 3.8) is 0 Å². The molecule has 0 bridgehead atoms. The van der Waals surface area contributed by atoms with Gasteiger partial charge >= 0.3 is 0 Å².